The highest BCUT2D eigenvalue weighted by Crippen LogP contribution is 2.24. The zero-order chi connectivity index (χ0) is 10.0. The van der Waals surface area contributed by atoms with Crippen LogP contribution in [-0.4, -0.2) is 18.1 Å². The van der Waals surface area contributed by atoms with Gasteiger partial charge in [-0.15, -0.1) is 0 Å². The first kappa shape index (κ1) is 10.1. The molecule has 0 saturated heterocycles. The molecule has 0 aliphatic carbocycles. The van der Waals surface area contributed by atoms with Crippen LogP contribution in [0.1, 0.15) is 10.4 Å². The van der Waals surface area contributed by atoms with Gasteiger partial charge in [0.15, 0.2) is 0 Å². The molecule has 0 bridgehead atoms. The van der Waals surface area contributed by atoms with Gasteiger partial charge < -0.3 is 10.5 Å². The summed E-state index contributed by atoms with van der Waals surface area (Å²) in [4.78, 5) is 14.8. The summed E-state index contributed by atoms with van der Waals surface area (Å²) >= 11 is 11.2. The molecule has 6 heteroatoms. The summed E-state index contributed by atoms with van der Waals surface area (Å²) in [6.45, 7) is 0. The highest BCUT2D eigenvalue weighted by molar-refractivity contribution is 6.36. The average molecular weight is 221 g/mol. The first-order valence-corrected chi connectivity index (χ1v) is 4.01. The summed E-state index contributed by atoms with van der Waals surface area (Å²) in [5, 5.41) is 0.263. The predicted octanol–water partition coefficient (Wildman–Crippen LogP) is 1.76. The number of carbonyl (C=O) groups is 1. The number of methoxy groups -OCH3 is 1. The number of nitrogens with two attached hydrogens (primary N) is 1. The van der Waals surface area contributed by atoms with Crippen molar-refractivity contribution in [2.45, 2.75) is 0 Å². The van der Waals surface area contributed by atoms with E-state index in [2.05, 4.69) is 9.72 Å². The Bertz CT molecular complexity index is 331. The van der Waals surface area contributed by atoms with Crippen molar-refractivity contribution in [3.05, 3.63) is 21.8 Å². The van der Waals surface area contributed by atoms with Crippen LogP contribution < -0.4 is 5.73 Å². The van der Waals surface area contributed by atoms with Crippen molar-refractivity contribution < 1.29 is 9.53 Å². The zero-order valence-corrected chi connectivity index (χ0v) is 8.19. The van der Waals surface area contributed by atoms with Crippen molar-refractivity contribution in [3.8, 4) is 0 Å². The van der Waals surface area contributed by atoms with Gasteiger partial charge >= 0.3 is 5.97 Å². The van der Waals surface area contributed by atoms with Gasteiger partial charge in [-0.05, 0) is 6.07 Å². The van der Waals surface area contributed by atoms with E-state index in [1.165, 1.54) is 13.2 Å². The second kappa shape index (κ2) is 3.81. The highest BCUT2D eigenvalue weighted by atomic mass is 35.5. The third-order valence-corrected chi connectivity index (χ3v) is 1.85. The molecule has 0 saturated carbocycles. The maximum Gasteiger partial charge on any atom is 0.343 e. The number of ether oxygens (including phenoxy) is 1. The summed E-state index contributed by atoms with van der Waals surface area (Å²) in [5.74, 6) is -0.670. The minimum absolute atomic E-state index is 0.0357. The van der Waals surface area contributed by atoms with Crippen molar-refractivity contribution in [2.24, 2.45) is 0 Å². The van der Waals surface area contributed by atoms with Crippen LogP contribution in [-0.2, 0) is 4.74 Å². The van der Waals surface area contributed by atoms with E-state index in [1.54, 1.807) is 0 Å². The normalized spacial score (nSPS) is 9.77. The van der Waals surface area contributed by atoms with E-state index < -0.39 is 5.97 Å². The molecule has 0 atom stereocenters. The van der Waals surface area contributed by atoms with E-state index in [9.17, 15) is 4.79 Å². The van der Waals surface area contributed by atoms with Gasteiger partial charge in [0.05, 0.1) is 12.1 Å². The van der Waals surface area contributed by atoms with Gasteiger partial charge in [0.1, 0.15) is 16.5 Å². The topological polar surface area (TPSA) is 65.2 Å². The van der Waals surface area contributed by atoms with Gasteiger partial charge in [-0.3, -0.25) is 0 Å². The van der Waals surface area contributed by atoms with Crippen LogP contribution in [0.4, 0.5) is 5.82 Å². The first-order chi connectivity index (χ1) is 6.06. The number of anilines is 1. The number of esters is 1. The van der Waals surface area contributed by atoms with Crippen LogP contribution >= 0.6 is 23.2 Å². The van der Waals surface area contributed by atoms with Crippen molar-refractivity contribution in [1.29, 1.82) is 0 Å². The Morgan fingerprint density at radius 3 is 2.69 bits per heavy atom. The van der Waals surface area contributed by atoms with Gasteiger partial charge in [-0.1, -0.05) is 23.2 Å². The van der Waals surface area contributed by atoms with E-state index in [0.29, 0.717) is 0 Å². The van der Waals surface area contributed by atoms with E-state index in [0.717, 1.165) is 0 Å². The minimum atomic E-state index is -0.633. The monoisotopic (exact) mass is 220 g/mol. The number of hydrogen-bond donors (Lipinski definition) is 1. The van der Waals surface area contributed by atoms with Crippen LogP contribution in [0.3, 0.4) is 0 Å². The van der Waals surface area contributed by atoms with Crippen molar-refractivity contribution in [3.63, 3.8) is 0 Å². The van der Waals surface area contributed by atoms with Gasteiger partial charge in [0, 0.05) is 0 Å². The Kier molecular flexibility index (Phi) is 2.95. The van der Waals surface area contributed by atoms with Crippen LogP contribution in [0.25, 0.3) is 0 Å². The molecule has 0 spiro atoms. The molecular formula is C7H6Cl2N2O2. The van der Waals surface area contributed by atoms with E-state index >= 15 is 0 Å². The SMILES string of the molecule is COC(=O)c1c(Cl)cc(Cl)nc1N. The fourth-order valence-electron chi connectivity index (χ4n) is 0.806. The summed E-state index contributed by atoms with van der Waals surface area (Å²) in [5.41, 5.74) is 5.45. The maximum atomic E-state index is 11.1. The van der Waals surface area contributed by atoms with Crippen LogP contribution in [0.5, 0.6) is 0 Å². The predicted molar refractivity (Wildman–Crippen MR) is 50.0 cm³/mol. The summed E-state index contributed by atoms with van der Waals surface area (Å²) < 4.78 is 4.45. The Morgan fingerprint density at radius 1 is 1.62 bits per heavy atom. The lowest BCUT2D eigenvalue weighted by Gasteiger charge is -2.04. The molecule has 13 heavy (non-hydrogen) atoms. The molecule has 1 aromatic heterocycles. The lowest BCUT2D eigenvalue weighted by molar-refractivity contribution is 0.0602. The van der Waals surface area contributed by atoms with Gasteiger partial charge in [-0.2, -0.15) is 0 Å². The summed E-state index contributed by atoms with van der Waals surface area (Å²) in [6.07, 6.45) is 0. The molecule has 4 nitrogen and oxygen atoms in total. The third kappa shape index (κ3) is 2.02. The van der Waals surface area contributed by atoms with Gasteiger partial charge in [0.2, 0.25) is 0 Å². The van der Waals surface area contributed by atoms with E-state index in [1.807, 2.05) is 0 Å². The number of pyridine rings is 1. The molecule has 0 fully saturated rings. The Hall–Kier alpha value is -1.00. The maximum absolute atomic E-state index is 11.1. The Balaban J connectivity index is 3.28. The largest absolute Gasteiger partial charge is 0.465 e. The molecule has 1 aromatic rings. The molecule has 70 valence electrons. The zero-order valence-electron chi connectivity index (χ0n) is 6.67. The number of halogens is 2. The van der Waals surface area contributed by atoms with Gasteiger partial charge in [-0.25, -0.2) is 9.78 Å². The van der Waals surface area contributed by atoms with Gasteiger partial charge in [0.25, 0.3) is 0 Å². The van der Waals surface area contributed by atoms with Crippen molar-refractivity contribution in [2.75, 3.05) is 12.8 Å². The molecule has 0 radical (unpaired) electrons. The molecule has 0 aliphatic heterocycles. The molecule has 0 aliphatic rings. The average Bonchev–Trinajstić information content (AvgIpc) is 2.02. The summed E-state index contributed by atoms with van der Waals surface area (Å²) in [6, 6.07) is 1.33. The number of hydrogen-bond acceptors (Lipinski definition) is 4. The van der Waals surface area contributed by atoms with Crippen molar-refractivity contribution in [1.82, 2.24) is 4.98 Å². The van der Waals surface area contributed by atoms with Crippen LogP contribution in [0.15, 0.2) is 6.07 Å². The first-order valence-electron chi connectivity index (χ1n) is 3.26. The second-order valence-corrected chi connectivity index (χ2v) is 2.97. The number of aromatic nitrogens is 1. The Morgan fingerprint density at radius 2 is 2.23 bits per heavy atom. The van der Waals surface area contributed by atoms with Crippen LogP contribution in [0, 0.1) is 0 Å². The standard InChI is InChI=1S/C7H6Cl2N2O2/c1-13-7(12)5-3(8)2-4(9)11-6(5)10/h2H,1H3,(H2,10,11). The van der Waals surface area contributed by atoms with E-state index in [4.69, 9.17) is 28.9 Å². The highest BCUT2D eigenvalue weighted by Gasteiger charge is 2.16. The lowest BCUT2D eigenvalue weighted by Crippen LogP contribution is -2.08. The number of carbonyl (C=O) groups excluding carboxylic acids is 1. The minimum Gasteiger partial charge on any atom is -0.465 e. The number of nitrogen functional groups attached to an aromatic ring is 1. The molecule has 0 unspecified atom stereocenters. The number of rotatable bonds is 1. The molecule has 0 aromatic carbocycles. The van der Waals surface area contributed by atoms with Crippen molar-refractivity contribution >= 4 is 35.0 Å². The molecule has 1 rings (SSSR count). The smallest absolute Gasteiger partial charge is 0.343 e. The molecule has 0 amide bonds. The Labute approximate surface area is 84.6 Å². The lowest BCUT2D eigenvalue weighted by atomic mass is 10.2. The third-order valence-electron chi connectivity index (χ3n) is 1.36. The molecule has 1 heterocycles. The fraction of sp³-hybridized carbons (Fsp3) is 0.143. The van der Waals surface area contributed by atoms with Crippen LogP contribution in [0.2, 0.25) is 10.2 Å². The second-order valence-electron chi connectivity index (χ2n) is 2.18. The quantitative estimate of drug-likeness (QED) is 0.579. The molecular weight excluding hydrogens is 215 g/mol. The summed E-state index contributed by atoms with van der Waals surface area (Å²) in [7, 11) is 1.23. The fourth-order valence-corrected chi connectivity index (χ4v) is 1.34. The molecule has 2 N–H and O–H groups in total. The number of nitrogens with zero attached hydrogens (tertiary/aromatic N) is 1. The van der Waals surface area contributed by atoms with E-state index in [-0.39, 0.29) is 21.6 Å².